The molecule has 18 heavy (non-hydrogen) atoms. The Hall–Kier alpha value is -2.05. The Morgan fingerprint density at radius 1 is 1.50 bits per heavy atom. The third-order valence-corrected chi connectivity index (χ3v) is 2.86. The Morgan fingerprint density at radius 3 is 2.83 bits per heavy atom. The Balaban J connectivity index is 2.89. The van der Waals surface area contributed by atoms with Crippen molar-refractivity contribution in [3.63, 3.8) is 0 Å². The smallest absolute Gasteiger partial charge is 0.270 e. The summed E-state index contributed by atoms with van der Waals surface area (Å²) in [6.07, 6.45) is 1.26. The van der Waals surface area contributed by atoms with Crippen LogP contribution < -0.4 is 21.4 Å². The van der Waals surface area contributed by atoms with E-state index in [9.17, 15) is 9.59 Å². The molecule has 0 radical (unpaired) electrons. The maximum atomic E-state index is 12.2. The standard InChI is InChI=1S/C11H10ClN3O3/c1-18-7-3-2-6(12)9-8(7)10(16)5(4-14-9)11(17)15-13/h2-4H,13H2,1H3,(H,14,16)(H,15,17). The molecule has 0 unspecified atom stereocenters. The van der Waals surface area contributed by atoms with Crippen molar-refractivity contribution in [2.75, 3.05) is 7.11 Å². The largest absolute Gasteiger partial charge is 0.496 e. The predicted octanol–water partition coefficient (Wildman–Crippen LogP) is 0.794. The number of ether oxygens (including phenoxy) is 1. The van der Waals surface area contributed by atoms with E-state index in [1.54, 1.807) is 12.1 Å². The number of nitrogens with one attached hydrogen (secondary N) is 2. The van der Waals surface area contributed by atoms with E-state index in [2.05, 4.69) is 4.98 Å². The van der Waals surface area contributed by atoms with Gasteiger partial charge in [-0.15, -0.1) is 0 Å². The van der Waals surface area contributed by atoms with Crippen molar-refractivity contribution in [3.05, 3.63) is 39.1 Å². The number of aromatic amines is 1. The van der Waals surface area contributed by atoms with Gasteiger partial charge in [0, 0.05) is 6.20 Å². The molecule has 1 aromatic carbocycles. The number of nitrogen functional groups attached to an aromatic ring is 1. The summed E-state index contributed by atoms with van der Waals surface area (Å²) in [6, 6.07) is 3.16. The number of benzene rings is 1. The number of fused-ring (bicyclic) bond motifs is 1. The van der Waals surface area contributed by atoms with Crippen LogP contribution in [-0.4, -0.2) is 18.0 Å². The van der Waals surface area contributed by atoms with E-state index in [0.29, 0.717) is 16.3 Å². The van der Waals surface area contributed by atoms with Gasteiger partial charge in [-0.25, -0.2) is 5.84 Å². The van der Waals surface area contributed by atoms with Crippen LogP contribution in [0.1, 0.15) is 10.4 Å². The van der Waals surface area contributed by atoms with E-state index in [0.717, 1.165) is 0 Å². The molecule has 0 bridgehead atoms. The summed E-state index contributed by atoms with van der Waals surface area (Å²) in [5, 5.41) is 0.578. The fourth-order valence-electron chi connectivity index (χ4n) is 1.69. The first-order valence-corrected chi connectivity index (χ1v) is 5.36. The fraction of sp³-hybridized carbons (Fsp3) is 0.0909. The van der Waals surface area contributed by atoms with Gasteiger partial charge in [0.15, 0.2) is 0 Å². The van der Waals surface area contributed by atoms with Gasteiger partial charge in [0.05, 0.1) is 23.0 Å². The molecule has 7 heteroatoms. The number of nitrogens with two attached hydrogens (primary N) is 1. The maximum absolute atomic E-state index is 12.2. The van der Waals surface area contributed by atoms with Crippen LogP contribution in [0.3, 0.4) is 0 Å². The number of hydrogen-bond acceptors (Lipinski definition) is 4. The number of pyridine rings is 1. The lowest BCUT2D eigenvalue weighted by Gasteiger charge is -2.07. The molecule has 0 saturated carbocycles. The maximum Gasteiger partial charge on any atom is 0.270 e. The third-order valence-electron chi connectivity index (χ3n) is 2.54. The summed E-state index contributed by atoms with van der Waals surface area (Å²) in [6.45, 7) is 0. The van der Waals surface area contributed by atoms with E-state index < -0.39 is 11.3 Å². The monoisotopic (exact) mass is 267 g/mol. The lowest BCUT2D eigenvalue weighted by molar-refractivity contribution is 0.0952. The summed E-state index contributed by atoms with van der Waals surface area (Å²) >= 11 is 5.97. The summed E-state index contributed by atoms with van der Waals surface area (Å²) < 4.78 is 5.09. The van der Waals surface area contributed by atoms with Crippen molar-refractivity contribution in [2.45, 2.75) is 0 Å². The van der Waals surface area contributed by atoms with Gasteiger partial charge < -0.3 is 9.72 Å². The van der Waals surface area contributed by atoms with Gasteiger partial charge in [-0.3, -0.25) is 15.0 Å². The predicted molar refractivity (Wildman–Crippen MR) is 67.8 cm³/mol. The number of aromatic nitrogens is 1. The number of halogens is 1. The van der Waals surface area contributed by atoms with Crippen molar-refractivity contribution in [3.8, 4) is 5.75 Å². The lowest BCUT2D eigenvalue weighted by Crippen LogP contribution is -2.34. The van der Waals surface area contributed by atoms with E-state index in [1.807, 2.05) is 5.43 Å². The van der Waals surface area contributed by atoms with E-state index in [-0.39, 0.29) is 10.9 Å². The first-order chi connectivity index (χ1) is 8.60. The van der Waals surface area contributed by atoms with E-state index in [1.165, 1.54) is 13.3 Å². The fourth-order valence-corrected chi connectivity index (χ4v) is 1.90. The quantitative estimate of drug-likeness (QED) is 0.426. The number of carbonyl (C=O) groups excluding carboxylic acids is 1. The number of hydrogen-bond donors (Lipinski definition) is 3. The minimum Gasteiger partial charge on any atom is -0.496 e. The molecule has 1 aromatic heterocycles. The van der Waals surface area contributed by atoms with Crippen LogP contribution in [0.25, 0.3) is 10.9 Å². The molecule has 1 heterocycles. The Morgan fingerprint density at radius 2 is 2.22 bits per heavy atom. The molecule has 0 aliphatic rings. The SMILES string of the molecule is COc1ccc(Cl)c2[nH]cc(C(=O)NN)c(=O)c12. The summed E-state index contributed by atoms with van der Waals surface area (Å²) in [7, 11) is 1.43. The van der Waals surface area contributed by atoms with Crippen molar-refractivity contribution in [1.29, 1.82) is 0 Å². The number of H-pyrrole nitrogens is 1. The van der Waals surface area contributed by atoms with E-state index in [4.69, 9.17) is 22.2 Å². The van der Waals surface area contributed by atoms with Crippen LogP contribution in [0.15, 0.2) is 23.1 Å². The molecule has 0 saturated heterocycles. The molecule has 2 aromatic rings. The van der Waals surface area contributed by atoms with Gasteiger partial charge in [-0.2, -0.15) is 0 Å². The van der Waals surface area contributed by atoms with Crippen molar-refractivity contribution < 1.29 is 9.53 Å². The van der Waals surface area contributed by atoms with Crippen LogP contribution in [-0.2, 0) is 0 Å². The average Bonchev–Trinajstić information content (AvgIpc) is 2.39. The minimum absolute atomic E-state index is 0.106. The second-order valence-corrected chi connectivity index (χ2v) is 3.91. The van der Waals surface area contributed by atoms with Gasteiger partial charge >= 0.3 is 0 Å². The number of hydrazine groups is 1. The van der Waals surface area contributed by atoms with E-state index >= 15 is 0 Å². The number of amides is 1. The molecule has 6 nitrogen and oxygen atoms in total. The zero-order chi connectivity index (χ0) is 13.3. The number of methoxy groups -OCH3 is 1. The molecule has 1 amide bonds. The highest BCUT2D eigenvalue weighted by Gasteiger charge is 2.16. The Labute approximate surface area is 107 Å². The highest BCUT2D eigenvalue weighted by Crippen LogP contribution is 2.27. The van der Waals surface area contributed by atoms with Crippen molar-refractivity contribution in [2.24, 2.45) is 5.84 Å². The van der Waals surface area contributed by atoms with Crippen LogP contribution >= 0.6 is 11.6 Å². The molecule has 94 valence electrons. The van der Waals surface area contributed by atoms with Crippen LogP contribution in [0.5, 0.6) is 5.75 Å². The highest BCUT2D eigenvalue weighted by molar-refractivity contribution is 6.35. The lowest BCUT2D eigenvalue weighted by atomic mass is 10.1. The average molecular weight is 268 g/mol. The first-order valence-electron chi connectivity index (χ1n) is 4.99. The van der Waals surface area contributed by atoms with Gasteiger partial charge in [0.1, 0.15) is 11.3 Å². The zero-order valence-corrected chi connectivity index (χ0v) is 10.2. The summed E-state index contributed by atoms with van der Waals surface area (Å²) in [5.74, 6) is 4.66. The third kappa shape index (κ3) is 1.81. The number of carbonyl (C=O) groups is 1. The molecule has 0 aliphatic heterocycles. The topological polar surface area (TPSA) is 97.2 Å². The molecule has 4 N–H and O–H groups in total. The second-order valence-electron chi connectivity index (χ2n) is 3.50. The molecule has 0 spiro atoms. The van der Waals surface area contributed by atoms with Crippen LogP contribution in [0, 0.1) is 0 Å². The molecular weight excluding hydrogens is 258 g/mol. The highest BCUT2D eigenvalue weighted by atomic mass is 35.5. The van der Waals surface area contributed by atoms with Crippen molar-refractivity contribution in [1.82, 2.24) is 10.4 Å². The Kier molecular flexibility index (Phi) is 3.22. The van der Waals surface area contributed by atoms with Crippen LogP contribution in [0.4, 0.5) is 0 Å². The van der Waals surface area contributed by atoms with Gasteiger partial charge in [0.2, 0.25) is 5.43 Å². The van der Waals surface area contributed by atoms with Crippen molar-refractivity contribution >= 4 is 28.4 Å². The molecule has 0 aliphatic carbocycles. The minimum atomic E-state index is -0.680. The molecule has 2 rings (SSSR count). The van der Waals surface area contributed by atoms with Gasteiger partial charge in [-0.05, 0) is 12.1 Å². The zero-order valence-electron chi connectivity index (χ0n) is 9.41. The van der Waals surface area contributed by atoms with Crippen LogP contribution in [0.2, 0.25) is 5.02 Å². The number of rotatable bonds is 2. The summed E-state index contributed by atoms with van der Waals surface area (Å²) in [4.78, 5) is 26.4. The van der Waals surface area contributed by atoms with Gasteiger partial charge in [-0.1, -0.05) is 11.6 Å². The molecule has 0 fully saturated rings. The second kappa shape index (κ2) is 4.67. The normalized spacial score (nSPS) is 10.4. The molecule has 0 atom stereocenters. The molecular formula is C11H10ClN3O3. The summed E-state index contributed by atoms with van der Waals surface area (Å²) in [5.41, 5.74) is 1.72. The Bertz CT molecular complexity index is 681. The van der Waals surface area contributed by atoms with Gasteiger partial charge in [0.25, 0.3) is 5.91 Å². The first kappa shape index (κ1) is 12.4.